The molecule has 7 nitrogen and oxygen atoms in total. The Balaban J connectivity index is 1.70. The van der Waals surface area contributed by atoms with Crippen LogP contribution in [0.15, 0.2) is 60.2 Å². The number of benzene rings is 2. The van der Waals surface area contributed by atoms with Crippen LogP contribution in [0.2, 0.25) is 0 Å². The summed E-state index contributed by atoms with van der Waals surface area (Å²) in [4.78, 5) is 30.0. The molecule has 0 unspecified atom stereocenters. The van der Waals surface area contributed by atoms with Crippen molar-refractivity contribution in [1.82, 2.24) is 9.80 Å². The van der Waals surface area contributed by atoms with E-state index in [2.05, 4.69) is 4.90 Å². The van der Waals surface area contributed by atoms with Gasteiger partial charge in [-0.15, -0.1) is 0 Å². The van der Waals surface area contributed by atoms with Gasteiger partial charge in [0, 0.05) is 31.7 Å². The van der Waals surface area contributed by atoms with E-state index >= 15 is 0 Å². The highest BCUT2D eigenvalue weighted by Gasteiger charge is 2.46. The summed E-state index contributed by atoms with van der Waals surface area (Å²) < 4.78 is 11.2. The predicted molar refractivity (Wildman–Crippen MR) is 125 cm³/mol. The average Bonchev–Trinajstić information content (AvgIpc) is 3.08. The van der Waals surface area contributed by atoms with Crippen molar-refractivity contribution in [2.24, 2.45) is 0 Å². The van der Waals surface area contributed by atoms with Gasteiger partial charge in [0.05, 0.1) is 30.9 Å². The average molecular weight is 451 g/mol. The first-order valence-corrected chi connectivity index (χ1v) is 11.4. The molecule has 2 aromatic carbocycles. The maximum Gasteiger partial charge on any atom is 0.295 e. The summed E-state index contributed by atoms with van der Waals surface area (Å²) in [6.45, 7) is 7.82. The molecule has 1 atom stereocenters. The number of ketones is 1. The normalized spacial score (nSPS) is 21.1. The minimum Gasteiger partial charge on any atom is -0.507 e. The van der Waals surface area contributed by atoms with E-state index in [4.69, 9.17) is 9.47 Å². The highest BCUT2D eigenvalue weighted by molar-refractivity contribution is 6.46. The maximum absolute atomic E-state index is 13.1. The zero-order valence-corrected chi connectivity index (χ0v) is 19.1. The third-order valence-corrected chi connectivity index (χ3v) is 5.92. The number of Topliss-reactive ketones (excluding diaryl/α,β-unsaturated/α-hetero) is 1. The Hall–Kier alpha value is -3.16. The number of rotatable bonds is 7. The fraction of sp³-hybridized carbons (Fsp3) is 0.385. The van der Waals surface area contributed by atoms with Crippen LogP contribution < -0.4 is 4.74 Å². The minimum atomic E-state index is -0.667. The van der Waals surface area contributed by atoms with Gasteiger partial charge < -0.3 is 19.5 Å². The van der Waals surface area contributed by atoms with Gasteiger partial charge in [-0.1, -0.05) is 42.5 Å². The fourth-order valence-corrected chi connectivity index (χ4v) is 4.28. The van der Waals surface area contributed by atoms with E-state index in [0.717, 1.165) is 18.7 Å². The number of aliphatic hydroxyl groups is 1. The van der Waals surface area contributed by atoms with Crippen molar-refractivity contribution in [3.63, 3.8) is 0 Å². The zero-order valence-electron chi connectivity index (χ0n) is 19.1. The monoisotopic (exact) mass is 450 g/mol. The van der Waals surface area contributed by atoms with Gasteiger partial charge in [0.25, 0.3) is 11.7 Å². The third kappa shape index (κ3) is 5.10. The SMILES string of the molecule is CC(C)Oc1ccc([C@@H]2C(=C(O)c3ccccc3)C(=O)C(=O)N2CCN2CCOCC2)cc1. The molecule has 0 radical (unpaired) electrons. The molecule has 1 amide bonds. The Kier molecular flexibility index (Phi) is 7.11. The second-order valence-corrected chi connectivity index (χ2v) is 8.55. The van der Waals surface area contributed by atoms with Gasteiger partial charge in [0.2, 0.25) is 0 Å². The first kappa shape index (κ1) is 23.0. The molecule has 0 saturated carbocycles. The molecule has 0 bridgehead atoms. The quantitative estimate of drug-likeness (QED) is 0.396. The third-order valence-electron chi connectivity index (χ3n) is 5.92. The number of morpholine rings is 1. The van der Waals surface area contributed by atoms with E-state index in [9.17, 15) is 14.7 Å². The molecule has 2 aliphatic heterocycles. The van der Waals surface area contributed by atoms with E-state index in [1.807, 2.05) is 44.2 Å². The summed E-state index contributed by atoms with van der Waals surface area (Å²) in [6, 6.07) is 15.6. The summed E-state index contributed by atoms with van der Waals surface area (Å²) in [7, 11) is 0. The number of hydrogen-bond acceptors (Lipinski definition) is 6. The van der Waals surface area contributed by atoms with Gasteiger partial charge in [-0.25, -0.2) is 0 Å². The largest absolute Gasteiger partial charge is 0.507 e. The van der Waals surface area contributed by atoms with Crippen LogP contribution in [-0.4, -0.2) is 72.1 Å². The molecule has 1 N–H and O–H groups in total. The number of amides is 1. The van der Waals surface area contributed by atoms with Gasteiger partial charge in [-0.2, -0.15) is 0 Å². The van der Waals surface area contributed by atoms with Crippen molar-refractivity contribution in [1.29, 1.82) is 0 Å². The van der Waals surface area contributed by atoms with Crippen LogP contribution >= 0.6 is 0 Å². The second kappa shape index (κ2) is 10.2. The summed E-state index contributed by atoms with van der Waals surface area (Å²) in [5.41, 5.74) is 1.38. The topological polar surface area (TPSA) is 79.3 Å². The molecule has 0 aliphatic carbocycles. The predicted octanol–water partition coefficient (Wildman–Crippen LogP) is 3.23. The van der Waals surface area contributed by atoms with Crippen LogP contribution in [0.3, 0.4) is 0 Å². The number of ether oxygens (including phenoxy) is 2. The van der Waals surface area contributed by atoms with E-state index in [-0.39, 0.29) is 17.4 Å². The molecule has 2 fully saturated rings. The van der Waals surface area contributed by atoms with Crippen molar-refractivity contribution in [2.45, 2.75) is 26.0 Å². The minimum absolute atomic E-state index is 0.0353. The van der Waals surface area contributed by atoms with Crippen molar-refractivity contribution in [3.05, 3.63) is 71.3 Å². The number of aliphatic hydroxyl groups excluding tert-OH is 1. The van der Waals surface area contributed by atoms with Crippen LogP contribution in [0.4, 0.5) is 0 Å². The van der Waals surface area contributed by atoms with Crippen molar-refractivity contribution in [2.75, 3.05) is 39.4 Å². The Bertz CT molecular complexity index is 1010. The molecule has 7 heteroatoms. The number of carbonyl (C=O) groups excluding carboxylic acids is 2. The molecule has 2 saturated heterocycles. The highest BCUT2D eigenvalue weighted by atomic mass is 16.5. The number of carbonyl (C=O) groups is 2. The first-order chi connectivity index (χ1) is 16.0. The number of nitrogens with zero attached hydrogens (tertiary/aromatic N) is 2. The Labute approximate surface area is 194 Å². The van der Waals surface area contributed by atoms with Gasteiger partial charge in [0.1, 0.15) is 11.5 Å². The maximum atomic E-state index is 13.1. The zero-order chi connectivity index (χ0) is 23.4. The van der Waals surface area contributed by atoms with Crippen LogP contribution in [0.1, 0.15) is 31.0 Å². The van der Waals surface area contributed by atoms with Crippen LogP contribution in [-0.2, 0) is 14.3 Å². The Morgan fingerprint density at radius 3 is 2.33 bits per heavy atom. The molecule has 0 aromatic heterocycles. The van der Waals surface area contributed by atoms with Crippen molar-refractivity contribution >= 4 is 17.4 Å². The van der Waals surface area contributed by atoms with Gasteiger partial charge in [0.15, 0.2) is 0 Å². The van der Waals surface area contributed by atoms with E-state index < -0.39 is 17.7 Å². The van der Waals surface area contributed by atoms with E-state index in [0.29, 0.717) is 37.6 Å². The molecule has 0 spiro atoms. The lowest BCUT2D eigenvalue weighted by Gasteiger charge is -2.31. The highest BCUT2D eigenvalue weighted by Crippen LogP contribution is 2.39. The summed E-state index contributed by atoms with van der Waals surface area (Å²) in [5, 5.41) is 11.1. The first-order valence-electron chi connectivity index (χ1n) is 11.4. The Morgan fingerprint density at radius 1 is 1.03 bits per heavy atom. The van der Waals surface area contributed by atoms with Gasteiger partial charge in [-0.05, 0) is 31.5 Å². The molecule has 2 heterocycles. The van der Waals surface area contributed by atoms with Crippen LogP contribution in [0, 0.1) is 0 Å². The molecule has 33 heavy (non-hydrogen) atoms. The van der Waals surface area contributed by atoms with Gasteiger partial charge >= 0.3 is 0 Å². The van der Waals surface area contributed by atoms with Crippen LogP contribution in [0.25, 0.3) is 5.76 Å². The summed E-state index contributed by atoms with van der Waals surface area (Å²) >= 11 is 0. The Morgan fingerprint density at radius 2 is 1.70 bits per heavy atom. The molecule has 4 rings (SSSR count). The summed E-state index contributed by atoms with van der Waals surface area (Å²) in [5.74, 6) is -0.698. The van der Waals surface area contributed by atoms with Crippen LogP contribution in [0.5, 0.6) is 5.75 Å². The molecular formula is C26H30N2O5. The lowest BCUT2D eigenvalue weighted by atomic mass is 9.95. The van der Waals surface area contributed by atoms with Crippen molar-refractivity contribution < 1.29 is 24.2 Å². The van der Waals surface area contributed by atoms with E-state index in [1.54, 1.807) is 29.2 Å². The van der Waals surface area contributed by atoms with Gasteiger partial charge in [-0.3, -0.25) is 14.5 Å². The second-order valence-electron chi connectivity index (χ2n) is 8.55. The van der Waals surface area contributed by atoms with Crippen molar-refractivity contribution in [3.8, 4) is 5.75 Å². The molecule has 2 aromatic rings. The lowest BCUT2D eigenvalue weighted by molar-refractivity contribution is -0.140. The standard InChI is InChI=1S/C26H30N2O5/c1-18(2)33-21-10-8-19(9-11-21)23-22(24(29)20-6-4-3-5-7-20)25(30)26(31)28(23)13-12-27-14-16-32-17-15-27/h3-11,18,23,29H,12-17H2,1-2H3/t23-/m1/s1. The summed E-state index contributed by atoms with van der Waals surface area (Å²) in [6.07, 6.45) is 0.0353. The molecule has 2 aliphatic rings. The fourth-order valence-electron chi connectivity index (χ4n) is 4.28. The number of likely N-dealkylation sites (tertiary alicyclic amines) is 1. The van der Waals surface area contributed by atoms with E-state index in [1.165, 1.54) is 0 Å². The number of hydrogen-bond donors (Lipinski definition) is 1. The smallest absolute Gasteiger partial charge is 0.295 e. The lowest BCUT2D eigenvalue weighted by Crippen LogP contribution is -2.42. The molecular weight excluding hydrogens is 420 g/mol. The molecule has 174 valence electrons.